The highest BCUT2D eigenvalue weighted by atomic mass is 19.4. The number of hydrogen-bond acceptors (Lipinski definition) is 6. The van der Waals surface area contributed by atoms with Crippen LogP contribution in [0.5, 0.6) is 0 Å². The minimum Gasteiger partial charge on any atom is -0.405 e. The molecule has 0 unspecified atom stereocenters. The molecule has 1 amide bonds. The van der Waals surface area contributed by atoms with Crippen molar-refractivity contribution in [2.24, 2.45) is 5.73 Å². The number of aromatic nitrogens is 1. The molecule has 1 saturated heterocycles. The van der Waals surface area contributed by atoms with Gasteiger partial charge in [0.15, 0.2) is 5.69 Å². The van der Waals surface area contributed by atoms with Crippen molar-refractivity contribution in [2.45, 2.75) is 32.9 Å². The molecule has 0 atom stereocenters. The maximum Gasteiger partial charge on any atom is 0.434 e. The lowest BCUT2D eigenvalue weighted by Crippen LogP contribution is -2.43. The highest BCUT2D eigenvalue weighted by Gasteiger charge is 2.37. The molecule has 7 nitrogen and oxygen atoms in total. The van der Waals surface area contributed by atoms with Gasteiger partial charge < -0.3 is 26.7 Å². The second-order valence-corrected chi connectivity index (χ2v) is 7.54. The second kappa shape index (κ2) is 14.0. The van der Waals surface area contributed by atoms with Gasteiger partial charge >= 0.3 is 6.18 Å². The van der Waals surface area contributed by atoms with E-state index in [4.69, 9.17) is 5.41 Å². The van der Waals surface area contributed by atoms with E-state index in [1.807, 2.05) is 12.1 Å². The van der Waals surface area contributed by atoms with E-state index in [1.165, 1.54) is 18.5 Å². The number of benzene rings is 1. The summed E-state index contributed by atoms with van der Waals surface area (Å²) in [5.41, 5.74) is 5.35. The molecular formula is C24H33F3N6O. The van der Waals surface area contributed by atoms with Crippen LogP contribution in [0.1, 0.15) is 48.3 Å². The molecule has 5 N–H and O–H groups in total. The zero-order valence-electron chi connectivity index (χ0n) is 19.7. The molecular weight excluding hydrogens is 445 g/mol. The van der Waals surface area contributed by atoms with Gasteiger partial charge in [0, 0.05) is 32.4 Å². The van der Waals surface area contributed by atoms with Crippen molar-refractivity contribution in [3.8, 4) is 0 Å². The number of carbonyl (C=O) groups excluding carboxylic acids is 1. The fourth-order valence-corrected chi connectivity index (χ4v) is 3.18. The summed E-state index contributed by atoms with van der Waals surface area (Å²) in [5, 5.41) is 12.0. The predicted octanol–water partition coefficient (Wildman–Crippen LogP) is 4.63. The summed E-state index contributed by atoms with van der Waals surface area (Å²) in [6, 6.07) is 8.11. The Morgan fingerprint density at radius 2 is 1.88 bits per heavy atom. The molecule has 0 saturated carbocycles. The van der Waals surface area contributed by atoms with Crippen LogP contribution in [-0.2, 0) is 6.18 Å². The van der Waals surface area contributed by atoms with Crippen LogP contribution >= 0.6 is 0 Å². The van der Waals surface area contributed by atoms with Gasteiger partial charge in [0.05, 0.1) is 16.9 Å². The number of anilines is 2. The SMILES string of the molecule is C=CN.CC(C)c1ccc(NC(=O)c2cccnc2C(F)(F)F)c(N2CCNCC2)c1.CC=N. The Balaban J connectivity index is 0.000000872. The van der Waals surface area contributed by atoms with Gasteiger partial charge in [-0.2, -0.15) is 13.2 Å². The number of carbonyl (C=O) groups is 1. The molecule has 1 aliphatic heterocycles. The molecule has 0 bridgehead atoms. The Labute approximate surface area is 198 Å². The van der Waals surface area contributed by atoms with Crippen molar-refractivity contribution in [3.05, 3.63) is 66.1 Å². The van der Waals surface area contributed by atoms with E-state index in [0.717, 1.165) is 49.7 Å². The zero-order chi connectivity index (χ0) is 25.7. The molecule has 0 aliphatic carbocycles. The van der Waals surface area contributed by atoms with E-state index >= 15 is 0 Å². The third kappa shape index (κ3) is 8.51. The van der Waals surface area contributed by atoms with Gasteiger partial charge in [-0.25, -0.2) is 0 Å². The third-order valence-corrected chi connectivity index (χ3v) is 4.72. The highest BCUT2D eigenvalue weighted by Crippen LogP contribution is 2.33. The van der Waals surface area contributed by atoms with Crippen molar-refractivity contribution < 1.29 is 18.0 Å². The predicted molar refractivity (Wildman–Crippen MR) is 132 cm³/mol. The maximum atomic E-state index is 13.2. The van der Waals surface area contributed by atoms with E-state index in [1.54, 1.807) is 13.0 Å². The lowest BCUT2D eigenvalue weighted by atomic mass is 10.0. The molecule has 0 spiro atoms. The molecule has 34 heavy (non-hydrogen) atoms. The molecule has 3 rings (SSSR count). The zero-order valence-corrected chi connectivity index (χ0v) is 19.7. The van der Waals surface area contributed by atoms with Crippen LogP contribution in [0.3, 0.4) is 0 Å². The lowest BCUT2D eigenvalue weighted by Gasteiger charge is -2.32. The molecule has 1 aromatic carbocycles. The molecule has 0 radical (unpaired) electrons. The monoisotopic (exact) mass is 478 g/mol. The summed E-state index contributed by atoms with van der Waals surface area (Å²) in [6.45, 7) is 12.1. The molecule has 1 aliphatic rings. The van der Waals surface area contributed by atoms with Crippen molar-refractivity contribution in [1.82, 2.24) is 10.3 Å². The van der Waals surface area contributed by atoms with Crippen LogP contribution in [-0.4, -0.2) is 43.3 Å². The van der Waals surface area contributed by atoms with E-state index in [2.05, 4.69) is 46.7 Å². The molecule has 2 aromatic rings. The van der Waals surface area contributed by atoms with Crippen molar-refractivity contribution >= 4 is 23.5 Å². The van der Waals surface area contributed by atoms with Crippen LogP contribution in [0.15, 0.2) is 49.3 Å². The summed E-state index contributed by atoms with van der Waals surface area (Å²) in [6.07, 6.45) is -1.17. The van der Waals surface area contributed by atoms with Crippen LogP contribution in [0.4, 0.5) is 24.5 Å². The first-order valence-electron chi connectivity index (χ1n) is 10.8. The largest absolute Gasteiger partial charge is 0.434 e. The summed E-state index contributed by atoms with van der Waals surface area (Å²) < 4.78 is 39.6. The first-order chi connectivity index (χ1) is 16.1. The summed E-state index contributed by atoms with van der Waals surface area (Å²) in [4.78, 5) is 18.1. The van der Waals surface area contributed by atoms with Crippen LogP contribution in [0, 0.1) is 5.41 Å². The molecule has 2 heterocycles. The number of alkyl halides is 3. The van der Waals surface area contributed by atoms with Gasteiger partial charge in [0.1, 0.15) is 0 Å². The number of halogens is 3. The third-order valence-electron chi connectivity index (χ3n) is 4.72. The number of rotatable bonds is 4. The average molecular weight is 479 g/mol. The van der Waals surface area contributed by atoms with Crippen molar-refractivity contribution in [1.29, 1.82) is 5.41 Å². The number of nitrogens with one attached hydrogen (secondary N) is 3. The Hall–Kier alpha value is -3.40. The van der Waals surface area contributed by atoms with Gasteiger partial charge in [-0.05, 0) is 55.1 Å². The fraction of sp³-hybridized carbons (Fsp3) is 0.375. The van der Waals surface area contributed by atoms with Crippen LogP contribution in [0.2, 0.25) is 0 Å². The molecule has 1 fully saturated rings. The molecule has 10 heteroatoms. The van der Waals surface area contributed by atoms with Gasteiger partial charge in [-0.3, -0.25) is 9.78 Å². The quantitative estimate of drug-likeness (QED) is 0.480. The lowest BCUT2D eigenvalue weighted by molar-refractivity contribution is -0.141. The standard InChI is InChI=1S/C20H23F3N4O.2C2H5N/c1-13(2)14-5-6-16(17(12-14)27-10-8-24-9-11-27)26-19(28)15-4-3-7-25-18(15)20(21,22)23;2*1-2-3/h3-7,12-13,24H,8-11H2,1-2H3,(H,26,28);2-3H,1H3;2H,1,3H2. The summed E-state index contributed by atoms with van der Waals surface area (Å²) in [5.74, 6) is -0.532. The van der Waals surface area contributed by atoms with Gasteiger partial charge in [0.2, 0.25) is 0 Å². The first-order valence-corrected chi connectivity index (χ1v) is 10.8. The number of nitrogens with two attached hydrogens (primary N) is 1. The van der Waals surface area contributed by atoms with Crippen molar-refractivity contribution in [2.75, 3.05) is 36.4 Å². The molecule has 186 valence electrons. The van der Waals surface area contributed by atoms with Crippen molar-refractivity contribution in [3.63, 3.8) is 0 Å². The summed E-state index contributed by atoms with van der Waals surface area (Å²) in [7, 11) is 0. The Morgan fingerprint density at radius 1 is 1.29 bits per heavy atom. The Kier molecular flexibility index (Phi) is 11.8. The normalized spacial score (nSPS) is 13.1. The Morgan fingerprint density at radius 3 is 2.41 bits per heavy atom. The van der Waals surface area contributed by atoms with Gasteiger partial charge in [-0.1, -0.05) is 26.5 Å². The number of nitrogens with zero attached hydrogens (tertiary/aromatic N) is 2. The average Bonchev–Trinajstić information content (AvgIpc) is 2.80. The van der Waals surface area contributed by atoms with Crippen LogP contribution < -0.4 is 21.3 Å². The fourth-order valence-electron chi connectivity index (χ4n) is 3.18. The second-order valence-electron chi connectivity index (χ2n) is 7.54. The molecule has 1 aromatic heterocycles. The van der Waals surface area contributed by atoms with Gasteiger partial charge in [-0.15, -0.1) is 0 Å². The number of amides is 1. The number of piperazine rings is 1. The van der Waals surface area contributed by atoms with E-state index < -0.39 is 23.3 Å². The smallest absolute Gasteiger partial charge is 0.405 e. The topological polar surface area (TPSA) is 107 Å². The van der Waals surface area contributed by atoms with E-state index in [9.17, 15) is 18.0 Å². The number of hydrogen-bond donors (Lipinski definition) is 4. The first kappa shape index (κ1) is 28.6. The Bertz CT molecular complexity index is 935. The van der Waals surface area contributed by atoms with E-state index in [0.29, 0.717) is 11.6 Å². The minimum absolute atomic E-state index is 0.293. The maximum absolute atomic E-state index is 13.2. The van der Waals surface area contributed by atoms with Crippen LogP contribution in [0.25, 0.3) is 0 Å². The minimum atomic E-state index is -4.70. The summed E-state index contributed by atoms with van der Waals surface area (Å²) >= 11 is 0. The number of pyridine rings is 1. The van der Waals surface area contributed by atoms with Gasteiger partial charge in [0.25, 0.3) is 5.91 Å². The van der Waals surface area contributed by atoms with E-state index in [-0.39, 0.29) is 0 Å². The highest BCUT2D eigenvalue weighted by molar-refractivity contribution is 6.06.